The molecular formula is C18H14F3NO6S. The number of anilines is 1. The molecule has 29 heavy (non-hydrogen) atoms. The molecule has 1 aromatic heterocycles. The van der Waals surface area contributed by atoms with Crippen molar-refractivity contribution in [3.05, 3.63) is 47.4 Å². The quantitative estimate of drug-likeness (QED) is 0.726. The number of amides is 1. The number of alkyl halides is 3. The molecule has 2 heterocycles. The van der Waals surface area contributed by atoms with Crippen LogP contribution in [0.2, 0.25) is 0 Å². The standard InChI is InChI=1S/C18H14F3NO6S/c1-26-17(25)10-4-5-27-12(10)8-28-15(23)7-14-16(24)22-11-6-9(18(19,20)21)2-3-13(11)29-14/h2-6,14H,7-8H2,1H3,(H,22,24)/t14-/m1/s1. The molecule has 0 saturated carbocycles. The van der Waals surface area contributed by atoms with Gasteiger partial charge in [0.1, 0.15) is 12.2 Å². The maximum atomic E-state index is 12.8. The number of carbonyl (C=O) groups is 3. The summed E-state index contributed by atoms with van der Waals surface area (Å²) in [5.74, 6) is -1.90. The van der Waals surface area contributed by atoms with Crippen LogP contribution in [-0.2, 0) is 31.8 Å². The largest absolute Gasteiger partial charge is 0.465 e. The number of furan rings is 1. The van der Waals surface area contributed by atoms with Crippen LogP contribution in [0.25, 0.3) is 0 Å². The second-order valence-electron chi connectivity index (χ2n) is 5.92. The number of hydrogen-bond acceptors (Lipinski definition) is 7. The fourth-order valence-corrected chi connectivity index (χ4v) is 3.64. The first-order chi connectivity index (χ1) is 13.7. The van der Waals surface area contributed by atoms with E-state index in [1.807, 2.05) is 0 Å². The Hall–Kier alpha value is -2.95. The third-order valence-electron chi connectivity index (χ3n) is 3.99. The maximum absolute atomic E-state index is 12.8. The topological polar surface area (TPSA) is 94.8 Å². The van der Waals surface area contributed by atoms with Crippen molar-refractivity contribution in [1.29, 1.82) is 0 Å². The lowest BCUT2D eigenvalue weighted by atomic mass is 10.1. The first kappa shape index (κ1) is 20.8. The molecule has 1 N–H and O–H groups in total. The summed E-state index contributed by atoms with van der Waals surface area (Å²) in [5.41, 5.74) is -0.730. The number of carbonyl (C=O) groups excluding carboxylic acids is 3. The predicted molar refractivity (Wildman–Crippen MR) is 94.2 cm³/mol. The zero-order chi connectivity index (χ0) is 21.2. The van der Waals surface area contributed by atoms with Crippen LogP contribution in [0.5, 0.6) is 0 Å². The highest BCUT2D eigenvalue weighted by molar-refractivity contribution is 8.01. The number of fused-ring (bicyclic) bond motifs is 1. The molecular weight excluding hydrogens is 415 g/mol. The Morgan fingerprint density at radius 1 is 1.28 bits per heavy atom. The Morgan fingerprint density at radius 2 is 2.03 bits per heavy atom. The van der Waals surface area contributed by atoms with Crippen LogP contribution in [-0.4, -0.2) is 30.2 Å². The molecule has 11 heteroatoms. The number of thioether (sulfide) groups is 1. The van der Waals surface area contributed by atoms with Crippen molar-refractivity contribution in [2.24, 2.45) is 0 Å². The van der Waals surface area contributed by atoms with Gasteiger partial charge in [-0.05, 0) is 24.3 Å². The molecule has 7 nitrogen and oxygen atoms in total. The minimum Gasteiger partial charge on any atom is -0.465 e. The lowest BCUT2D eigenvalue weighted by molar-refractivity contribution is -0.146. The van der Waals surface area contributed by atoms with E-state index in [0.717, 1.165) is 23.9 Å². The van der Waals surface area contributed by atoms with Gasteiger partial charge in [0.15, 0.2) is 5.76 Å². The van der Waals surface area contributed by atoms with Gasteiger partial charge in [0.05, 0.1) is 36.3 Å². The van der Waals surface area contributed by atoms with E-state index in [0.29, 0.717) is 4.90 Å². The number of benzene rings is 1. The second kappa shape index (κ2) is 8.19. The van der Waals surface area contributed by atoms with Gasteiger partial charge in [0.2, 0.25) is 5.91 Å². The molecule has 0 unspecified atom stereocenters. The van der Waals surface area contributed by atoms with Crippen molar-refractivity contribution in [3.63, 3.8) is 0 Å². The molecule has 1 aliphatic rings. The molecule has 2 aromatic rings. The summed E-state index contributed by atoms with van der Waals surface area (Å²) in [4.78, 5) is 36.2. The summed E-state index contributed by atoms with van der Waals surface area (Å²) in [5, 5.41) is 1.51. The molecule has 0 radical (unpaired) electrons. The maximum Gasteiger partial charge on any atom is 0.416 e. The average molecular weight is 429 g/mol. The summed E-state index contributed by atoms with van der Waals surface area (Å²) < 4.78 is 53.1. The van der Waals surface area contributed by atoms with E-state index in [1.54, 1.807) is 0 Å². The van der Waals surface area contributed by atoms with Gasteiger partial charge in [-0.25, -0.2) is 4.79 Å². The Balaban J connectivity index is 1.61. The number of halogens is 3. The zero-order valence-corrected chi connectivity index (χ0v) is 15.7. The van der Waals surface area contributed by atoms with Gasteiger partial charge in [0, 0.05) is 4.90 Å². The molecule has 0 saturated heterocycles. The van der Waals surface area contributed by atoms with E-state index < -0.39 is 34.8 Å². The zero-order valence-electron chi connectivity index (χ0n) is 14.9. The molecule has 1 atom stereocenters. The minimum absolute atomic E-state index is 0.0396. The van der Waals surface area contributed by atoms with Crippen LogP contribution >= 0.6 is 11.8 Å². The lowest BCUT2D eigenvalue weighted by Crippen LogP contribution is -2.31. The molecule has 0 spiro atoms. The number of esters is 2. The summed E-state index contributed by atoms with van der Waals surface area (Å²) in [6.45, 7) is -0.333. The van der Waals surface area contributed by atoms with E-state index in [9.17, 15) is 27.6 Å². The Kier molecular flexibility index (Phi) is 5.87. The Labute approximate surface area is 166 Å². The highest BCUT2D eigenvalue weighted by Crippen LogP contribution is 2.40. The first-order valence-corrected chi connectivity index (χ1v) is 9.06. The van der Waals surface area contributed by atoms with Crippen molar-refractivity contribution in [2.75, 3.05) is 12.4 Å². The van der Waals surface area contributed by atoms with E-state index >= 15 is 0 Å². The molecule has 1 aliphatic heterocycles. The normalized spacial score (nSPS) is 16.0. The first-order valence-electron chi connectivity index (χ1n) is 8.18. The minimum atomic E-state index is -4.53. The van der Waals surface area contributed by atoms with Crippen molar-refractivity contribution in [3.8, 4) is 0 Å². The molecule has 3 rings (SSSR count). The number of rotatable bonds is 5. The van der Waals surface area contributed by atoms with Gasteiger partial charge in [-0.3, -0.25) is 9.59 Å². The van der Waals surface area contributed by atoms with E-state index in [1.165, 1.54) is 25.5 Å². The lowest BCUT2D eigenvalue weighted by Gasteiger charge is -2.24. The highest BCUT2D eigenvalue weighted by Gasteiger charge is 2.34. The molecule has 0 fully saturated rings. The fourth-order valence-electron chi connectivity index (χ4n) is 2.56. The monoisotopic (exact) mass is 429 g/mol. The molecule has 1 amide bonds. The highest BCUT2D eigenvalue weighted by atomic mass is 32.2. The number of ether oxygens (including phenoxy) is 2. The third-order valence-corrected chi connectivity index (χ3v) is 5.27. The van der Waals surface area contributed by atoms with Crippen molar-refractivity contribution < 1.29 is 41.4 Å². The van der Waals surface area contributed by atoms with E-state index in [2.05, 4.69) is 10.1 Å². The second-order valence-corrected chi connectivity index (χ2v) is 7.16. The Morgan fingerprint density at radius 3 is 2.72 bits per heavy atom. The fraction of sp³-hybridized carbons (Fsp3) is 0.278. The van der Waals surface area contributed by atoms with Crippen LogP contribution in [0.15, 0.2) is 39.8 Å². The van der Waals surface area contributed by atoms with Gasteiger partial charge in [-0.2, -0.15) is 13.2 Å². The van der Waals surface area contributed by atoms with Gasteiger partial charge in [0.25, 0.3) is 0 Å². The van der Waals surface area contributed by atoms with Crippen LogP contribution in [0.3, 0.4) is 0 Å². The summed E-state index contributed by atoms with van der Waals surface area (Å²) in [7, 11) is 1.19. The van der Waals surface area contributed by atoms with Gasteiger partial charge >= 0.3 is 18.1 Å². The van der Waals surface area contributed by atoms with Crippen LogP contribution < -0.4 is 5.32 Å². The van der Waals surface area contributed by atoms with Crippen LogP contribution in [0.1, 0.15) is 28.1 Å². The predicted octanol–water partition coefficient (Wildman–Crippen LogP) is 3.63. The van der Waals surface area contributed by atoms with E-state index in [-0.39, 0.29) is 30.0 Å². The summed E-state index contributed by atoms with van der Waals surface area (Å²) in [6.07, 6.45) is -3.60. The van der Waals surface area contributed by atoms with Gasteiger partial charge in [-0.15, -0.1) is 11.8 Å². The number of hydrogen-bond donors (Lipinski definition) is 1. The Bertz CT molecular complexity index is 955. The third kappa shape index (κ3) is 4.73. The smallest absolute Gasteiger partial charge is 0.416 e. The van der Waals surface area contributed by atoms with Gasteiger partial charge < -0.3 is 19.2 Å². The molecule has 0 aliphatic carbocycles. The van der Waals surface area contributed by atoms with E-state index in [4.69, 9.17) is 9.15 Å². The molecule has 1 aromatic carbocycles. The van der Waals surface area contributed by atoms with Crippen LogP contribution in [0, 0.1) is 0 Å². The molecule has 154 valence electrons. The summed E-state index contributed by atoms with van der Waals surface area (Å²) in [6, 6.07) is 4.36. The van der Waals surface area contributed by atoms with Crippen molar-refractivity contribution in [1.82, 2.24) is 0 Å². The average Bonchev–Trinajstić information content (AvgIpc) is 3.14. The number of methoxy groups -OCH3 is 1. The summed E-state index contributed by atoms with van der Waals surface area (Å²) >= 11 is 0.970. The number of nitrogens with one attached hydrogen (secondary N) is 1. The SMILES string of the molecule is COC(=O)c1ccoc1COC(=O)C[C@H]1Sc2ccc(C(F)(F)F)cc2NC1=O. The van der Waals surface area contributed by atoms with Crippen LogP contribution in [0.4, 0.5) is 18.9 Å². The molecule has 0 bridgehead atoms. The van der Waals surface area contributed by atoms with Gasteiger partial charge in [-0.1, -0.05) is 0 Å². The van der Waals surface area contributed by atoms with Crippen molar-refractivity contribution >= 4 is 35.3 Å². The van der Waals surface area contributed by atoms with Crippen molar-refractivity contribution in [2.45, 2.75) is 29.3 Å².